The second-order valence-electron chi connectivity index (χ2n) is 10.7. The molecule has 0 bridgehead atoms. The van der Waals surface area contributed by atoms with Gasteiger partial charge in [-0.15, -0.1) is 10.2 Å². The Labute approximate surface area is 182 Å². The largest absolute Gasteiger partial charge is 0.494 e. The van der Waals surface area contributed by atoms with Gasteiger partial charge in [-0.1, -0.05) is 32.9 Å². The lowest BCUT2D eigenvalue weighted by molar-refractivity contribution is 0.00578. The van der Waals surface area contributed by atoms with Gasteiger partial charge in [0.25, 0.3) is 0 Å². The Morgan fingerprint density at radius 1 is 1.03 bits per heavy atom. The summed E-state index contributed by atoms with van der Waals surface area (Å²) in [7, 11) is -2.36. The van der Waals surface area contributed by atoms with Crippen LogP contribution < -0.4 is 5.46 Å². The summed E-state index contributed by atoms with van der Waals surface area (Å²) in [4.78, 5) is 0. The number of aryl methyl sites for hydroxylation is 1. The average Bonchev–Trinajstić information content (AvgIpc) is 3.12. The van der Waals surface area contributed by atoms with Crippen LogP contribution in [0.1, 0.15) is 59.9 Å². The van der Waals surface area contributed by atoms with Crippen LogP contribution in [0.15, 0.2) is 22.6 Å². The van der Waals surface area contributed by atoms with Gasteiger partial charge in [-0.05, 0) is 62.9 Å². The fourth-order valence-electron chi connectivity index (χ4n) is 2.95. The maximum absolute atomic E-state index is 6.52. The molecule has 0 N–H and O–H groups in total. The van der Waals surface area contributed by atoms with E-state index >= 15 is 0 Å². The van der Waals surface area contributed by atoms with Gasteiger partial charge in [0, 0.05) is 12.5 Å². The van der Waals surface area contributed by atoms with Crippen molar-refractivity contribution in [3.63, 3.8) is 0 Å². The predicted octanol–water partition coefficient (Wildman–Crippen LogP) is 4.87. The molecule has 0 aliphatic carbocycles. The van der Waals surface area contributed by atoms with E-state index in [-0.39, 0.29) is 5.04 Å². The Hall–Kier alpha value is -1.48. The van der Waals surface area contributed by atoms with Crippen LogP contribution >= 0.6 is 0 Å². The van der Waals surface area contributed by atoms with E-state index in [9.17, 15) is 0 Å². The topological polar surface area (TPSA) is 66.6 Å². The molecule has 0 atom stereocenters. The summed E-state index contributed by atoms with van der Waals surface area (Å²) in [5.74, 6) is 1.04. The predicted molar refractivity (Wildman–Crippen MR) is 122 cm³/mol. The summed E-state index contributed by atoms with van der Waals surface area (Å²) >= 11 is 0. The van der Waals surface area contributed by atoms with Gasteiger partial charge in [-0.25, -0.2) is 0 Å². The molecular formula is C22H35BN2O4Si. The third-order valence-electron chi connectivity index (χ3n) is 6.81. The zero-order chi connectivity index (χ0) is 22.5. The summed E-state index contributed by atoms with van der Waals surface area (Å²) in [6.45, 7) is 21.7. The molecule has 1 aliphatic heterocycles. The van der Waals surface area contributed by atoms with Crippen molar-refractivity contribution >= 4 is 20.9 Å². The van der Waals surface area contributed by atoms with Crippen LogP contribution in [-0.4, -0.2) is 36.8 Å². The summed E-state index contributed by atoms with van der Waals surface area (Å²) in [5, 5.41) is 8.33. The van der Waals surface area contributed by atoms with E-state index < -0.39 is 26.6 Å². The lowest BCUT2D eigenvalue weighted by Crippen LogP contribution is -2.41. The fourth-order valence-corrected chi connectivity index (χ4v) is 3.90. The highest BCUT2D eigenvalue weighted by atomic mass is 28.4. The van der Waals surface area contributed by atoms with Crippen LogP contribution in [0.2, 0.25) is 18.1 Å². The molecule has 1 aromatic carbocycles. The standard InChI is InChI=1S/C22H35BN2O4Si/c1-15-24-25-19(27-15)18-12-11-17(23-28-21(5,6)22(7,8)29-23)13-16(18)14-26-30(9,10)20(2,3)4/h11-13H,14H2,1-10H3. The van der Waals surface area contributed by atoms with E-state index in [0.717, 1.165) is 16.6 Å². The number of nitrogens with zero attached hydrogens (tertiary/aromatic N) is 2. The Kier molecular flexibility index (Phi) is 5.86. The van der Waals surface area contributed by atoms with E-state index in [4.69, 9.17) is 18.2 Å². The molecule has 164 valence electrons. The quantitative estimate of drug-likeness (QED) is 0.631. The van der Waals surface area contributed by atoms with Crippen LogP contribution in [-0.2, 0) is 20.3 Å². The summed E-state index contributed by atoms with van der Waals surface area (Å²) in [6, 6.07) is 6.09. The molecule has 0 radical (unpaired) electrons. The first-order valence-electron chi connectivity index (χ1n) is 10.6. The number of rotatable bonds is 5. The fraction of sp³-hybridized carbons (Fsp3) is 0.636. The van der Waals surface area contributed by atoms with E-state index in [1.165, 1.54) is 0 Å². The molecule has 0 amide bonds. The van der Waals surface area contributed by atoms with E-state index in [1.807, 2.05) is 12.1 Å². The minimum Gasteiger partial charge on any atom is -0.421 e. The molecule has 2 aromatic rings. The number of hydrogen-bond acceptors (Lipinski definition) is 6. The maximum Gasteiger partial charge on any atom is 0.494 e. The second kappa shape index (κ2) is 7.58. The van der Waals surface area contributed by atoms with Crippen molar-refractivity contribution in [2.45, 2.75) is 91.3 Å². The van der Waals surface area contributed by atoms with Gasteiger partial charge in [-0.2, -0.15) is 0 Å². The second-order valence-corrected chi connectivity index (χ2v) is 15.5. The van der Waals surface area contributed by atoms with Crippen molar-refractivity contribution in [3.05, 3.63) is 29.7 Å². The lowest BCUT2D eigenvalue weighted by atomic mass is 9.77. The number of hydrogen-bond donors (Lipinski definition) is 0. The Bertz CT molecular complexity index is 902. The van der Waals surface area contributed by atoms with Crippen LogP contribution in [0.5, 0.6) is 0 Å². The van der Waals surface area contributed by atoms with Gasteiger partial charge in [-0.3, -0.25) is 0 Å². The van der Waals surface area contributed by atoms with Crippen LogP contribution in [0, 0.1) is 6.92 Å². The lowest BCUT2D eigenvalue weighted by Gasteiger charge is -2.36. The zero-order valence-electron chi connectivity index (χ0n) is 20.0. The van der Waals surface area contributed by atoms with E-state index in [0.29, 0.717) is 18.4 Å². The molecular weight excluding hydrogens is 395 g/mol. The molecule has 1 fully saturated rings. The molecule has 0 unspecified atom stereocenters. The molecule has 1 aliphatic rings. The van der Waals surface area contributed by atoms with Crippen molar-refractivity contribution in [1.29, 1.82) is 0 Å². The Balaban J connectivity index is 1.96. The number of benzene rings is 1. The Morgan fingerprint density at radius 2 is 1.63 bits per heavy atom. The van der Waals surface area contributed by atoms with Gasteiger partial charge < -0.3 is 18.2 Å². The highest BCUT2D eigenvalue weighted by Gasteiger charge is 2.51. The smallest absolute Gasteiger partial charge is 0.421 e. The molecule has 2 heterocycles. The van der Waals surface area contributed by atoms with Gasteiger partial charge in [0.1, 0.15) is 0 Å². The average molecular weight is 430 g/mol. The van der Waals surface area contributed by atoms with Gasteiger partial charge in [0.2, 0.25) is 11.8 Å². The number of aromatic nitrogens is 2. The van der Waals surface area contributed by atoms with Crippen molar-refractivity contribution in [3.8, 4) is 11.5 Å². The Morgan fingerprint density at radius 3 is 2.13 bits per heavy atom. The molecule has 1 saturated heterocycles. The van der Waals surface area contributed by atoms with E-state index in [1.54, 1.807) is 6.92 Å². The molecule has 3 rings (SSSR count). The van der Waals surface area contributed by atoms with E-state index in [2.05, 4.69) is 77.8 Å². The van der Waals surface area contributed by atoms with Gasteiger partial charge in [0.05, 0.1) is 17.8 Å². The summed E-state index contributed by atoms with van der Waals surface area (Å²) in [6.07, 6.45) is 0. The minimum atomic E-state index is -1.93. The highest BCUT2D eigenvalue weighted by molar-refractivity contribution is 6.74. The monoisotopic (exact) mass is 430 g/mol. The van der Waals surface area contributed by atoms with Crippen molar-refractivity contribution < 1.29 is 18.2 Å². The first-order valence-corrected chi connectivity index (χ1v) is 13.5. The summed E-state index contributed by atoms with van der Waals surface area (Å²) in [5.41, 5.74) is 2.06. The van der Waals surface area contributed by atoms with Crippen molar-refractivity contribution in [1.82, 2.24) is 10.2 Å². The van der Waals surface area contributed by atoms with Gasteiger partial charge in [0.15, 0.2) is 8.32 Å². The molecule has 30 heavy (non-hydrogen) atoms. The SMILES string of the molecule is Cc1nnc(-c2ccc(B3OC(C)(C)C(C)(C)O3)cc2CO[Si](C)(C)C(C)(C)C)o1. The molecule has 6 nitrogen and oxygen atoms in total. The normalized spacial score (nSPS) is 18.8. The van der Waals surface area contributed by atoms with Crippen LogP contribution in [0.25, 0.3) is 11.5 Å². The first kappa shape index (κ1) is 23.2. The van der Waals surface area contributed by atoms with Crippen LogP contribution in [0.3, 0.4) is 0 Å². The van der Waals surface area contributed by atoms with Crippen LogP contribution in [0.4, 0.5) is 0 Å². The van der Waals surface area contributed by atoms with Gasteiger partial charge >= 0.3 is 7.12 Å². The van der Waals surface area contributed by atoms with Crippen molar-refractivity contribution in [2.75, 3.05) is 0 Å². The summed E-state index contributed by atoms with van der Waals surface area (Å²) < 4.78 is 24.7. The third kappa shape index (κ3) is 4.42. The minimum absolute atomic E-state index is 0.123. The molecule has 0 spiro atoms. The molecule has 0 saturated carbocycles. The zero-order valence-corrected chi connectivity index (χ0v) is 21.0. The third-order valence-corrected chi connectivity index (χ3v) is 11.3. The first-order chi connectivity index (χ1) is 13.6. The molecule has 1 aromatic heterocycles. The maximum atomic E-state index is 6.52. The van der Waals surface area contributed by atoms with Crippen molar-refractivity contribution in [2.24, 2.45) is 0 Å². The molecule has 8 heteroatoms. The highest BCUT2D eigenvalue weighted by Crippen LogP contribution is 2.38.